The second-order valence-electron chi connectivity index (χ2n) is 5.73. The molecule has 2 aliphatic heterocycles. The minimum Gasteiger partial charge on any atom is -0.481 e. The number of hydrogen-bond acceptors (Lipinski definition) is 4. The van der Waals surface area contributed by atoms with Gasteiger partial charge in [0.15, 0.2) is 0 Å². The lowest BCUT2D eigenvalue weighted by Gasteiger charge is -2.43. The molecule has 0 radical (unpaired) electrons. The van der Waals surface area contributed by atoms with Crippen LogP contribution in [0.15, 0.2) is 0 Å². The summed E-state index contributed by atoms with van der Waals surface area (Å²) < 4.78 is 5.32. The molecule has 21 heavy (non-hydrogen) atoms. The van der Waals surface area contributed by atoms with E-state index in [4.69, 9.17) is 9.84 Å². The van der Waals surface area contributed by atoms with Crippen LogP contribution in [0.3, 0.4) is 0 Å². The Balaban J connectivity index is 1.98. The number of piperazine rings is 1. The fraction of sp³-hybridized carbons (Fsp3) is 0.857. The van der Waals surface area contributed by atoms with E-state index in [1.54, 1.807) is 4.90 Å². The van der Waals surface area contributed by atoms with E-state index in [-0.39, 0.29) is 18.5 Å². The number of carboxylic acids is 1. The van der Waals surface area contributed by atoms with Crippen molar-refractivity contribution in [3.8, 4) is 0 Å². The quantitative estimate of drug-likeness (QED) is 0.812. The van der Waals surface area contributed by atoms with Gasteiger partial charge in [0.25, 0.3) is 0 Å². The van der Waals surface area contributed by atoms with Gasteiger partial charge in [-0.25, -0.2) is 4.79 Å². The number of carbonyl (C=O) groups is 2. The normalized spacial score (nSPS) is 27.7. The van der Waals surface area contributed by atoms with Gasteiger partial charge in [-0.15, -0.1) is 0 Å². The lowest BCUT2D eigenvalue weighted by atomic mass is 10.1. The first-order chi connectivity index (χ1) is 10.0. The molecule has 2 heterocycles. The SMILES string of the molecule is CCN1CCN(C(=O)N2CCOCC2CC(=O)O)CC1C. The van der Waals surface area contributed by atoms with Crippen molar-refractivity contribution in [2.24, 2.45) is 0 Å². The molecule has 0 bridgehead atoms. The molecule has 2 atom stereocenters. The molecule has 2 saturated heterocycles. The molecule has 1 N–H and O–H groups in total. The molecule has 0 saturated carbocycles. The zero-order valence-electron chi connectivity index (χ0n) is 12.8. The summed E-state index contributed by atoms with van der Waals surface area (Å²) >= 11 is 0. The number of urea groups is 1. The van der Waals surface area contributed by atoms with Gasteiger partial charge in [-0.1, -0.05) is 6.92 Å². The number of likely N-dealkylation sites (N-methyl/N-ethyl adjacent to an activating group) is 1. The molecular formula is C14H25N3O4. The first kappa shape index (κ1) is 16.0. The van der Waals surface area contributed by atoms with E-state index >= 15 is 0 Å². The van der Waals surface area contributed by atoms with Crippen molar-refractivity contribution in [3.05, 3.63) is 0 Å². The minimum absolute atomic E-state index is 0.0489. The summed E-state index contributed by atoms with van der Waals surface area (Å²) in [6.45, 7) is 8.77. The van der Waals surface area contributed by atoms with Gasteiger partial charge in [0, 0.05) is 32.2 Å². The molecule has 7 heteroatoms. The predicted molar refractivity (Wildman–Crippen MR) is 77.2 cm³/mol. The zero-order chi connectivity index (χ0) is 15.4. The van der Waals surface area contributed by atoms with E-state index in [9.17, 15) is 9.59 Å². The highest BCUT2D eigenvalue weighted by atomic mass is 16.5. The van der Waals surface area contributed by atoms with E-state index in [2.05, 4.69) is 18.7 Å². The van der Waals surface area contributed by atoms with Crippen molar-refractivity contribution in [2.75, 3.05) is 45.9 Å². The smallest absolute Gasteiger partial charge is 0.320 e. The third kappa shape index (κ3) is 3.85. The van der Waals surface area contributed by atoms with Crippen molar-refractivity contribution in [3.63, 3.8) is 0 Å². The Kier molecular flexibility index (Phi) is 5.41. The van der Waals surface area contributed by atoms with Crippen LogP contribution in [-0.4, -0.2) is 89.8 Å². The van der Waals surface area contributed by atoms with Crippen LogP contribution in [-0.2, 0) is 9.53 Å². The van der Waals surface area contributed by atoms with Crippen LogP contribution in [0.1, 0.15) is 20.3 Å². The average Bonchev–Trinajstić information content (AvgIpc) is 2.46. The molecule has 7 nitrogen and oxygen atoms in total. The average molecular weight is 299 g/mol. The van der Waals surface area contributed by atoms with Crippen molar-refractivity contribution in [2.45, 2.75) is 32.4 Å². The molecule has 0 spiro atoms. The maximum absolute atomic E-state index is 12.7. The highest BCUT2D eigenvalue weighted by Gasteiger charge is 2.34. The Morgan fingerprint density at radius 3 is 2.67 bits per heavy atom. The summed E-state index contributed by atoms with van der Waals surface area (Å²) in [5.41, 5.74) is 0. The first-order valence-electron chi connectivity index (χ1n) is 7.62. The maximum Gasteiger partial charge on any atom is 0.320 e. The number of carboxylic acid groups (broad SMARTS) is 1. The summed E-state index contributed by atoms with van der Waals surface area (Å²) in [5.74, 6) is -0.896. The number of morpholine rings is 1. The monoisotopic (exact) mass is 299 g/mol. The molecule has 0 aliphatic carbocycles. The highest BCUT2D eigenvalue weighted by molar-refractivity contribution is 5.76. The second kappa shape index (κ2) is 7.09. The van der Waals surface area contributed by atoms with E-state index in [0.29, 0.717) is 38.9 Å². The van der Waals surface area contributed by atoms with E-state index in [1.807, 2.05) is 4.90 Å². The van der Waals surface area contributed by atoms with Crippen LogP contribution in [0.25, 0.3) is 0 Å². The lowest BCUT2D eigenvalue weighted by Crippen LogP contribution is -2.60. The van der Waals surface area contributed by atoms with E-state index < -0.39 is 5.97 Å². The van der Waals surface area contributed by atoms with Crippen LogP contribution in [0.2, 0.25) is 0 Å². The van der Waals surface area contributed by atoms with Crippen molar-refractivity contribution in [1.29, 1.82) is 0 Å². The van der Waals surface area contributed by atoms with Gasteiger partial charge in [0.05, 0.1) is 25.7 Å². The van der Waals surface area contributed by atoms with Gasteiger partial charge in [0.1, 0.15) is 0 Å². The number of aliphatic carboxylic acids is 1. The molecule has 2 amide bonds. The Morgan fingerprint density at radius 1 is 1.29 bits per heavy atom. The summed E-state index contributed by atoms with van der Waals surface area (Å²) in [6, 6.07) is -0.0675. The molecule has 2 unspecified atom stereocenters. The Labute approximate surface area is 125 Å². The molecular weight excluding hydrogens is 274 g/mol. The Hall–Kier alpha value is -1.34. The third-order valence-electron chi connectivity index (χ3n) is 4.33. The fourth-order valence-electron chi connectivity index (χ4n) is 3.10. The van der Waals surface area contributed by atoms with Gasteiger partial charge in [-0.05, 0) is 13.5 Å². The zero-order valence-corrected chi connectivity index (χ0v) is 12.8. The number of hydrogen-bond donors (Lipinski definition) is 1. The largest absolute Gasteiger partial charge is 0.481 e. The molecule has 2 aliphatic rings. The third-order valence-corrected chi connectivity index (χ3v) is 4.33. The second-order valence-corrected chi connectivity index (χ2v) is 5.73. The Morgan fingerprint density at radius 2 is 2.05 bits per heavy atom. The molecule has 2 rings (SSSR count). The van der Waals surface area contributed by atoms with Crippen LogP contribution in [0.4, 0.5) is 4.79 Å². The number of amides is 2. The topological polar surface area (TPSA) is 73.3 Å². The predicted octanol–water partition coefficient (Wildman–Crippen LogP) is 0.308. The molecule has 120 valence electrons. The van der Waals surface area contributed by atoms with Crippen LogP contribution < -0.4 is 0 Å². The van der Waals surface area contributed by atoms with E-state index in [1.165, 1.54) is 0 Å². The van der Waals surface area contributed by atoms with Crippen LogP contribution in [0, 0.1) is 0 Å². The maximum atomic E-state index is 12.7. The van der Waals surface area contributed by atoms with Gasteiger partial charge in [-0.3, -0.25) is 9.69 Å². The van der Waals surface area contributed by atoms with Crippen molar-refractivity contribution in [1.82, 2.24) is 14.7 Å². The summed E-state index contributed by atoms with van der Waals surface area (Å²) in [5, 5.41) is 8.97. The summed E-state index contributed by atoms with van der Waals surface area (Å²) in [7, 11) is 0. The summed E-state index contributed by atoms with van der Waals surface area (Å²) in [4.78, 5) is 29.5. The number of rotatable bonds is 3. The van der Waals surface area contributed by atoms with Gasteiger partial charge in [-0.2, -0.15) is 0 Å². The highest BCUT2D eigenvalue weighted by Crippen LogP contribution is 2.16. The van der Waals surface area contributed by atoms with Crippen LogP contribution in [0.5, 0.6) is 0 Å². The molecule has 0 aromatic heterocycles. The van der Waals surface area contributed by atoms with Gasteiger partial charge in [0.2, 0.25) is 0 Å². The van der Waals surface area contributed by atoms with Gasteiger partial charge < -0.3 is 19.6 Å². The van der Waals surface area contributed by atoms with E-state index in [0.717, 1.165) is 13.1 Å². The van der Waals surface area contributed by atoms with Gasteiger partial charge >= 0.3 is 12.0 Å². The molecule has 2 fully saturated rings. The lowest BCUT2D eigenvalue weighted by molar-refractivity contribution is -0.139. The van der Waals surface area contributed by atoms with Crippen molar-refractivity contribution < 1.29 is 19.4 Å². The Bertz CT molecular complexity index is 390. The molecule has 0 aromatic carbocycles. The first-order valence-corrected chi connectivity index (χ1v) is 7.62. The summed E-state index contributed by atoms with van der Waals surface area (Å²) in [6.07, 6.45) is -0.0593. The minimum atomic E-state index is -0.896. The standard InChI is InChI=1S/C14H25N3O4/c1-3-15-4-5-16(9-11(15)2)14(20)17-6-7-21-10-12(17)8-13(18)19/h11-12H,3-10H2,1-2H3,(H,18,19). The number of nitrogens with zero attached hydrogens (tertiary/aromatic N) is 3. The number of ether oxygens (including phenoxy) is 1. The van der Waals surface area contributed by atoms with Crippen LogP contribution >= 0.6 is 0 Å². The molecule has 0 aromatic rings. The fourth-order valence-corrected chi connectivity index (χ4v) is 3.10. The number of carbonyl (C=O) groups excluding carboxylic acids is 1. The van der Waals surface area contributed by atoms with Crippen molar-refractivity contribution >= 4 is 12.0 Å².